The normalized spacial score (nSPS) is 13.3. The van der Waals surface area contributed by atoms with E-state index < -0.39 is 24.3 Å². The van der Waals surface area contributed by atoms with Crippen LogP contribution in [-0.2, 0) is 0 Å². The molecule has 0 saturated heterocycles. The molecule has 4 rings (SSSR count). The van der Waals surface area contributed by atoms with Crippen molar-refractivity contribution in [2.75, 3.05) is 11.9 Å². The summed E-state index contributed by atoms with van der Waals surface area (Å²) in [5.41, 5.74) is -0.368. The highest BCUT2D eigenvalue weighted by molar-refractivity contribution is 6.30. The molecule has 10 nitrogen and oxygen atoms in total. The number of rotatable bonds is 4. The van der Waals surface area contributed by atoms with Crippen LogP contribution >= 0.6 is 11.6 Å². The van der Waals surface area contributed by atoms with Crippen molar-refractivity contribution in [3.63, 3.8) is 0 Å². The van der Waals surface area contributed by atoms with E-state index in [-0.39, 0.29) is 28.1 Å². The van der Waals surface area contributed by atoms with E-state index in [4.69, 9.17) is 11.6 Å². The van der Waals surface area contributed by atoms with Crippen molar-refractivity contribution in [2.45, 2.75) is 6.18 Å². The van der Waals surface area contributed by atoms with Gasteiger partial charge in [-0.2, -0.15) is 32.8 Å². The second-order valence-electron chi connectivity index (χ2n) is 6.24. The van der Waals surface area contributed by atoms with Crippen molar-refractivity contribution in [1.29, 1.82) is 0 Å². The zero-order chi connectivity index (χ0) is 22.2. The zero-order valence-electron chi connectivity index (χ0n) is 15.3. The van der Waals surface area contributed by atoms with Crippen LogP contribution in [0.25, 0.3) is 11.7 Å². The van der Waals surface area contributed by atoms with Crippen molar-refractivity contribution in [3.05, 3.63) is 62.5 Å². The van der Waals surface area contributed by atoms with Crippen LogP contribution in [0.15, 0.2) is 40.2 Å². The van der Waals surface area contributed by atoms with E-state index in [1.54, 1.807) is 24.3 Å². The number of imidazole rings is 1. The van der Waals surface area contributed by atoms with Gasteiger partial charge in [0, 0.05) is 15.9 Å². The number of nitrogens with zero attached hydrogens (tertiary/aromatic N) is 5. The molecule has 0 bridgehead atoms. The van der Waals surface area contributed by atoms with E-state index in [0.29, 0.717) is 10.7 Å². The van der Waals surface area contributed by atoms with Crippen molar-refractivity contribution in [2.24, 2.45) is 4.99 Å². The van der Waals surface area contributed by atoms with Gasteiger partial charge in [-0.05, 0) is 24.3 Å². The molecule has 0 aliphatic carbocycles. The smallest absolute Gasteiger partial charge is 0.408 e. The Balaban J connectivity index is 1.90. The monoisotopic (exact) mass is 452 g/mol. The van der Waals surface area contributed by atoms with Crippen LogP contribution in [0.4, 0.5) is 24.8 Å². The summed E-state index contributed by atoms with van der Waals surface area (Å²) in [5.74, 6) is -0.477. The molecule has 0 amide bonds. The number of fused-ring (bicyclic) bond motifs is 1. The van der Waals surface area contributed by atoms with Crippen LogP contribution in [0, 0.1) is 0 Å². The molecule has 0 unspecified atom stereocenters. The number of halogens is 4. The lowest BCUT2D eigenvalue weighted by atomic mass is 10.3. The Morgan fingerprint density at radius 3 is 2.77 bits per heavy atom. The second kappa shape index (κ2) is 7.75. The molecular weight excluding hydrogens is 441 g/mol. The fraction of sp³-hybridized carbons (Fsp3) is 0.118. The maximum Gasteiger partial charge on any atom is 0.408 e. The summed E-state index contributed by atoms with van der Waals surface area (Å²) >= 11 is 5.95. The molecule has 160 valence electrons. The zero-order valence-corrected chi connectivity index (χ0v) is 16.0. The lowest BCUT2D eigenvalue weighted by Gasteiger charge is -2.06. The van der Waals surface area contributed by atoms with E-state index in [2.05, 4.69) is 35.3 Å². The van der Waals surface area contributed by atoms with Gasteiger partial charge in [-0.15, -0.1) is 0 Å². The highest BCUT2D eigenvalue weighted by Crippen LogP contribution is 2.18. The topological polar surface area (TPSA) is 136 Å². The fourth-order valence-corrected chi connectivity index (χ4v) is 2.83. The first-order valence-corrected chi connectivity index (χ1v) is 8.94. The van der Waals surface area contributed by atoms with Crippen LogP contribution < -0.4 is 21.8 Å². The Morgan fingerprint density at radius 2 is 2.10 bits per heavy atom. The number of hydrogen-bond donors (Lipinski definition) is 4. The van der Waals surface area contributed by atoms with Gasteiger partial charge in [0.15, 0.2) is 5.65 Å². The van der Waals surface area contributed by atoms with E-state index in [0.717, 1.165) is 4.52 Å². The van der Waals surface area contributed by atoms with Crippen LogP contribution in [0.3, 0.4) is 0 Å². The highest BCUT2D eigenvalue weighted by Gasteiger charge is 2.26. The molecule has 0 radical (unpaired) electrons. The van der Waals surface area contributed by atoms with Crippen molar-refractivity contribution >= 4 is 35.0 Å². The predicted octanol–water partition coefficient (Wildman–Crippen LogP) is 1.25. The molecule has 4 aromatic rings. The van der Waals surface area contributed by atoms with Crippen LogP contribution in [0.1, 0.15) is 5.69 Å². The summed E-state index contributed by atoms with van der Waals surface area (Å²) in [6.07, 6.45) is -1.92. The number of H-pyrrole nitrogens is 2. The molecule has 0 aliphatic rings. The van der Waals surface area contributed by atoms with Gasteiger partial charge in [0.25, 0.3) is 5.62 Å². The molecule has 0 atom stereocenters. The third-order valence-corrected chi connectivity index (χ3v) is 4.13. The Hall–Kier alpha value is -3.87. The minimum absolute atomic E-state index is 0.0386. The molecule has 3 heterocycles. The van der Waals surface area contributed by atoms with Gasteiger partial charge in [-0.25, -0.2) is 9.79 Å². The number of benzene rings is 1. The maximum atomic E-state index is 12.7. The van der Waals surface area contributed by atoms with Crippen LogP contribution in [0.5, 0.6) is 5.88 Å². The van der Waals surface area contributed by atoms with Gasteiger partial charge < -0.3 is 15.4 Å². The Bertz CT molecular complexity index is 1440. The summed E-state index contributed by atoms with van der Waals surface area (Å²) in [6, 6.07) is 6.56. The molecule has 14 heteroatoms. The highest BCUT2D eigenvalue weighted by atomic mass is 35.5. The third kappa shape index (κ3) is 4.66. The van der Waals surface area contributed by atoms with Gasteiger partial charge in [0.2, 0.25) is 11.8 Å². The quantitative estimate of drug-likeness (QED) is 0.368. The first-order valence-electron chi connectivity index (χ1n) is 8.56. The van der Waals surface area contributed by atoms with Gasteiger partial charge in [0.05, 0.1) is 6.20 Å². The van der Waals surface area contributed by atoms with Gasteiger partial charge in [-0.1, -0.05) is 17.7 Å². The van der Waals surface area contributed by atoms with Crippen LogP contribution in [-0.4, -0.2) is 47.4 Å². The number of alkyl halides is 3. The number of aromatic hydroxyl groups is 1. The molecule has 0 spiro atoms. The molecular formula is C17H12ClF3N8O2. The van der Waals surface area contributed by atoms with E-state index in [1.807, 2.05) is 0 Å². The fourth-order valence-electron chi connectivity index (χ4n) is 2.64. The number of nitrogens with one attached hydrogen (secondary N) is 3. The van der Waals surface area contributed by atoms with E-state index in [9.17, 15) is 23.1 Å². The number of anilines is 2. The first-order chi connectivity index (χ1) is 14.7. The lowest BCUT2D eigenvalue weighted by Crippen LogP contribution is -2.26. The van der Waals surface area contributed by atoms with Gasteiger partial charge in [0.1, 0.15) is 12.2 Å². The summed E-state index contributed by atoms with van der Waals surface area (Å²) in [7, 11) is 0. The minimum Gasteiger partial charge on any atom is -0.493 e. The summed E-state index contributed by atoms with van der Waals surface area (Å²) < 4.78 is 39.1. The predicted molar refractivity (Wildman–Crippen MR) is 104 cm³/mol. The minimum atomic E-state index is -4.55. The maximum absolute atomic E-state index is 12.7. The average Bonchev–Trinajstić information content (AvgIpc) is 3.22. The molecule has 0 saturated carbocycles. The van der Waals surface area contributed by atoms with Crippen molar-refractivity contribution in [1.82, 2.24) is 29.5 Å². The number of hydrogen-bond acceptors (Lipinski definition) is 7. The number of aromatic amines is 2. The lowest BCUT2D eigenvalue weighted by molar-refractivity contribution is -0.118. The third-order valence-electron chi connectivity index (χ3n) is 3.89. The Labute approximate surface area is 174 Å². The summed E-state index contributed by atoms with van der Waals surface area (Å²) in [4.78, 5) is 27.6. The molecule has 4 N–H and O–H groups in total. The molecule has 0 fully saturated rings. The standard InChI is InChI=1S/C17H12ClF3N8O2/c18-9-2-1-3-10(5-9)24-14-26-12-8(4-11-13(30)27-16(31)25-11)6-23-29(12)15(28-14)22-7-17(19,20)21/h1-6,30H,7H2,(H,22,24,28)(H2,25,27,31)/b8-4+. The van der Waals surface area contributed by atoms with Crippen molar-refractivity contribution in [3.8, 4) is 5.88 Å². The van der Waals surface area contributed by atoms with Gasteiger partial charge >= 0.3 is 11.9 Å². The molecule has 3 aromatic heterocycles. The van der Waals surface area contributed by atoms with Gasteiger partial charge in [-0.3, -0.25) is 4.98 Å². The summed E-state index contributed by atoms with van der Waals surface area (Å²) in [6.45, 7) is -1.47. The van der Waals surface area contributed by atoms with Crippen LogP contribution in [0.2, 0.25) is 5.02 Å². The second-order valence-corrected chi connectivity index (χ2v) is 6.67. The van der Waals surface area contributed by atoms with E-state index in [1.165, 1.54) is 12.3 Å². The summed E-state index contributed by atoms with van der Waals surface area (Å²) in [5, 5.41) is 17.3. The SMILES string of the molecule is O=c1[nH]c(O)c(/C=c2\cnn3c(=NCC(F)(F)F)nc(Nc4cccc(Cl)c4)nc23)[nH]1. The number of aromatic nitrogens is 6. The largest absolute Gasteiger partial charge is 0.493 e. The average molecular weight is 453 g/mol. The first kappa shape index (κ1) is 20.4. The Kier molecular flexibility index (Phi) is 5.10. The molecule has 31 heavy (non-hydrogen) atoms. The van der Waals surface area contributed by atoms with E-state index >= 15 is 0 Å². The van der Waals surface area contributed by atoms with Crippen molar-refractivity contribution < 1.29 is 18.3 Å². The molecule has 0 aliphatic heterocycles. The Morgan fingerprint density at radius 1 is 1.29 bits per heavy atom. The molecule has 1 aromatic carbocycles.